The number of nitrogens with two attached hydrogens (primary N) is 1. The Morgan fingerprint density at radius 2 is 2.26 bits per heavy atom. The predicted octanol–water partition coefficient (Wildman–Crippen LogP) is 1.34. The van der Waals surface area contributed by atoms with E-state index >= 15 is 0 Å². The number of carboxylic acids is 1. The average molecular weight is 260 g/mol. The lowest BCUT2D eigenvalue weighted by Gasteiger charge is -2.21. The molecule has 0 amide bonds. The van der Waals surface area contributed by atoms with E-state index in [0.29, 0.717) is 12.2 Å². The summed E-state index contributed by atoms with van der Waals surface area (Å²) in [6, 6.07) is 4.72. The van der Waals surface area contributed by atoms with Gasteiger partial charge in [0, 0.05) is 26.5 Å². The van der Waals surface area contributed by atoms with E-state index in [0.717, 1.165) is 11.5 Å². The summed E-state index contributed by atoms with van der Waals surface area (Å²) >= 11 is 0. The highest BCUT2D eigenvalue weighted by molar-refractivity contribution is 5.90. The van der Waals surface area contributed by atoms with Crippen molar-refractivity contribution in [1.82, 2.24) is 9.55 Å². The van der Waals surface area contributed by atoms with E-state index in [4.69, 9.17) is 10.8 Å². The Kier molecular flexibility index (Phi) is 3.41. The van der Waals surface area contributed by atoms with Crippen LogP contribution in [0.3, 0.4) is 0 Å². The molecule has 6 heteroatoms. The second-order valence-corrected chi connectivity index (χ2v) is 4.39. The molecule has 3 N–H and O–H groups in total. The van der Waals surface area contributed by atoms with Crippen LogP contribution >= 0.6 is 0 Å². The molecule has 2 rings (SSSR count). The molecule has 0 fully saturated rings. The average Bonchev–Trinajstić information content (AvgIpc) is 2.74. The van der Waals surface area contributed by atoms with Crippen molar-refractivity contribution >= 4 is 17.3 Å². The first-order valence-electron chi connectivity index (χ1n) is 5.79. The van der Waals surface area contributed by atoms with Gasteiger partial charge in [0.2, 0.25) is 0 Å². The van der Waals surface area contributed by atoms with Crippen molar-refractivity contribution < 1.29 is 9.90 Å². The fraction of sp³-hybridized carbons (Fsp3) is 0.231. The monoisotopic (exact) mass is 260 g/mol. The van der Waals surface area contributed by atoms with Crippen molar-refractivity contribution in [2.24, 2.45) is 7.05 Å². The van der Waals surface area contributed by atoms with Crippen LogP contribution in [-0.4, -0.2) is 27.7 Å². The lowest BCUT2D eigenvalue weighted by atomic mass is 10.1. The highest BCUT2D eigenvalue weighted by atomic mass is 16.4. The van der Waals surface area contributed by atoms with E-state index in [1.165, 1.54) is 6.07 Å². The minimum absolute atomic E-state index is 0.187. The molecule has 0 aliphatic carbocycles. The highest BCUT2D eigenvalue weighted by Gasteiger charge is 2.11. The van der Waals surface area contributed by atoms with Crippen molar-refractivity contribution in [2.75, 3.05) is 17.7 Å². The smallest absolute Gasteiger partial charge is 0.335 e. The molecular formula is C13H16N4O2. The van der Waals surface area contributed by atoms with Crippen molar-refractivity contribution in [2.45, 2.75) is 6.54 Å². The van der Waals surface area contributed by atoms with Gasteiger partial charge >= 0.3 is 5.97 Å². The Hall–Kier alpha value is -2.50. The second-order valence-electron chi connectivity index (χ2n) is 4.39. The van der Waals surface area contributed by atoms with Crippen LogP contribution in [0.15, 0.2) is 30.6 Å². The first-order chi connectivity index (χ1) is 8.99. The Morgan fingerprint density at radius 3 is 2.79 bits per heavy atom. The summed E-state index contributed by atoms with van der Waals surface area (Å²) in [5.41, 5.74) is 7.31. The van der Waals surface area contributed by atoms with E-state index in [2.05, 4.69) is 4.98 Å². The van der Waals surface area contributed by atoms with Gasteiger partial charge in [0.05, 0.1) is 23.5 Å². The topological polar surface area (TPSA) is 84.4 Å². The number of nitrogens with zero attached hydrogens (tertiary/aromatic N) is 3. The standard InChI is InChI=1S/C13H16N4O2/c1-16-6-5-15-12(16)8-17(2)11-4-3-9(13(18)19)7-10(11)14/h3-7H,8,14H2,1-2H3,(H,18,19). The van der Waals surface area contributed by atoms with E-state index in [1.54, 1.807) is 18.3 Å². The highest BCUT2D eigenvalue weighted by Crippen LogP contribution is 2.24. The molecule has 0 radical (unpaired) electrons. The number of hydrogen-bond acceptors (Lipinski definition) is 4. The maximum absolute atomic E-state index is 10.9. The van der Waals surface area contributed by atoms with Crippen molar-refractivity contribution in [3.63, 3.8) is 0 Å². The van der Waals surface area contributed by atoms with Gasteiger partial charge in [0.25, 0.3) is 0 Å². The maximum atomic E-state index is 10.9. The van der Waals surface area contributed by atoms with E-state index in [1.807, 2.05) is 29.8 Å². The molecule has 0 bridgehead atoms. The van der Waals surface area contributed by atoms with Crippen LogP contribution in [0.4, 0.5) is 11.4 Å². The molecular weight excluding hydrogens is 244 g/mol. The van der Waals surface area contributed by atoms with Gasteiger partial charge in [-0.3, -0.25) is 0 Å². The van der Waals surface area contributed by atoms with E-state index in [9.17, 15) is 4.79 Å². The van der Waals surface area contributed by atoms with Gasteiger partial charge in [-0.15, -0.1) is 0 Å². The van der Waals surface area contributed by atoms with Gasteiger partial charge in [-0.25, -0.2) is 9.78 Å². The zero-order valence-corrected chi connectivity index (χ0v) is 10.9. The molecule has 0 atom stereocenters. The van der Waals surface area contributed by atoms with Crippen LogP contribution < -0.4 is 10.6 Å². The van der Waals surface area contributed by atoms with Gasteiger partial charge in [-0.05, 0) is 18.2 Å². The van der Waals surface area contributed by atoms with E-state index in [-0.39, 0.29) is 5.56 Å². The molecule has 19 heavy (non-hydrogen) atoms. The summed E-state index contributed by atoms with van der Waals surface area (Å²) in [5, 5.41) is 8.90. The number of hydrogen-bond donors (Lipinski definition) is 2. The number of nitrogen functional groups attached to an aromatic ring is 1. The number of imidazole rings is 1. The molecule has 0 spiro atoms. The Bertz CT molecular complexity index is 606. The van der Waals surface area contributed by atoms with Crippen molar-refractivity contribution in [3.05, 3.63) is 42.0 Å². The molecule has 0 saturated carbocycles. The predicted molar refractivity (Wildman–Crippen MR) is 73.1 cm³/mol. The number of aryl methyl sites for hydroxylation is 1. The maximum Gasteiger partial charge on any atom is 0.335 e. The summed E-state index contributed by atoms with van der Waals surface area (Å²) in [7, 11) is 3.81. The van der Waals surface area contributed by atoms with Gasteiger partial charge in [0.15, 0.2) is 0 Å². The molecule has 1 aromatic heterocycles. The molecule has 0 aliphatic heterocycles. The molecule has 1 aromatic carbocycles. The summed E-state index contributed by atoms with van der Waals surface area (Å²) in [5.74, 6) is -0.0748. The molecule has 0 aliphatic rings. The summed E-state index contributed by atoms with van der Waals surface area (Å²) in [6.07, 6.45) is 3.61. The van der Waals surface area contributed by atoms with Crippen LogP contribution in [0, 0.1) is 0 Å². The minimum Gasteiger partial charge on any atom is -0.478 e. The van der Waals surface area contributed by atoms with Gasteiger partial charge in [0.1, 0.15) is 5.82 Å². The third-order valence-electron chi connectivity index (χ3n) is 2.99. The zero-order valence-electron chi connectivity index (χ0n) is 10.9. The fourth-order valence-corrected chi connectivity index (χ4v) is 1.88. The Balaban J connectivity index is 2.22. The summed E-state index contributed by atoms with van der Waals surface area (Å²) in [6.45, 7) is 0.597. The van der Waals surface area contributed by atoms with Gasteiger partial charge < -0.3 is 20.3 Å². The summed E-state index contributed by atoms with van der Waals surface area (Å²) in [4.78, 5) is 17.0. The van der Waals surface area contributed by atoms with Gasteiger partial charge in [-0.1, -0.05) is 0 Å². The minimum atomic E-state index is -0.981. The van der Waals surface area contributed by atoms with Crippen LogP contribution in [0.25, 0.3) is 0 Å². The third kappa shape index (κ3) is 2.67. The van der Waals surface area contributed by atoms with Crippen LogP contribution in [0.2, 0.25) is 0 Å². The number of aromatic carboxylic acids is 1. The molecule has 100 valence electrons. The first-order valence-corrected chi connectivity index (χ1v) is 5.79. The second kappa shape index (κ2) is 5.01. The molecule has 0 unspecified atom stereocenters. The van der Waals surface area contributed by atoms with Gasteiger partial charge in [-0.2, -0.15) is 0 Å². The normalized spacial score (nSPS) is 10.4. The number of carboxylic acid groups (broad SMARTS) is 1. The lowest BCUT2D eigenvalue weighted by Crippen LogP contribution is -2.20. The number of rotatable bonds is 4. The van der Waals surface area contributed by atoms with Crippen LogP contribution in [-0.2, 0) is 13.6 Å². The Morgan fingerprint density at radius 1 is 1.53 bits per heavy atom. The van der Waals surface area contributed by atoms with Crippen LogP contribution in [0.1, 0.15) is 16.2 Å². The third-order valence-corrected chi connectivity index (χ3v) is 2.99. The van der Waals surface area contributed by atoms with Crippen molar-refractivity contribution in [3.8, 4) is 0 Å². The van der Waals surface area contributed by atoms with Crippen molar-refractivity contribution in [1.29, 1.82) is 0 Å². The molecule has 2 aromatic rings. The van der Waals surface area contributed by atoms with Crippen LogP contribution in [0.5, 0.6) is 0 Å². The quantitative estimate of drug-likeness (QED) is 0.810. The van der Waals surface area contributed by atoms with E-state index < -0.39 is 5.97 Å². The fourth-order valence-electron chi connectivity index (χ4n) is 1.88. The Labute approximate surface area is 111 Å². The molecule has 6 nitrogen and oxygen atoms in total. The molecule has 1 heterocycles. The number of carbonyl (C=O) groups is 1. The first kappa shape index (κ1) is 12.9. The molecule has 0 saturated heterocycles. The SMILES string of the molecule is CN(Cc1nccn1C)c1ccc(C(=O)O)cc1N. The summed E-state index contributed by atoms with van der Waals surface area (Å²) < 4.78 is 1.93. The lowest BCUT2D eigenvalue weighted by molar-refractivity contribution is 0.0697. The number of benzene rings is 1. The zero-order chi connectivity index (χ0) is 14.0. The largest absolute Gasteiger partial charge is 0.478 e. The number of aromatic nitrogens is 2. The number of anilines is 2.